The molecule has 1 aliphatic heterocycles. The fraction of sp³-hybridized carbons (Fsp3) is 0.579. The Morgan fingerprint density at radius 2 is 2.08 bits per heavy atom. The van der Waals surface area contributed by atoms with E-state index in [0.717, 1.165) is 11.3 Å². The van der Waals surface area contributed by atoms with E-state index in [1.54, 1.807) is 4.90 Å². The monoisotopic (exact) mass is 332 g/mol. The third-order valence-corrected chi connectivity index (χ3v) is 4.32. The molecule has 0 radical (unpaired) electrons. The summed E-state index contributed by atoms with van der Waals surface area (Å²) in [6.07, 6.45) is 0.560. The summed E-state index contributed by atoms with van der Waals surface area (Å²) in [5.41, 5.74) is 3.22. The number of aryl methyl sites for hydroxylation is 2. The van der Waals surface area contributed by atoms with Crippen LogP contribution in [0.4, 0.5) is 5.69 Å². The van der Waals surface area contributed by atoms with Gasteiger partial charge < -0.3 is 15.0 Å². The van der Waals surface area contributed by atoms with Gasteiger partial charge in [-0.1, -0.05) is 19.9 Å². The molecule has 1 fully saturated rings. The lowest BCUT2D eigenvalue weighted by atomic mass is 10.1. The molecule has 1 aromatic carbocycles. The van der Waals surface area contributed by atoms with E-state index >= 15 is 0 Å². The summed E-state index contributed by atoms with van der Waals surface area (Å²) in [6.45, 7) is 10.4. The van der Waals surface area contributed by atoms with E-state index in [2.05, 4.69) is 19.2 Å². The van der Waals surface area contributed by atoms with Crippen LogP contribution in [0.2, 0.25) is 0 Å². The molecule has 24 heavy (non-hydrogen) atoms. The molecule has 2 rings (SSSR count). The first-order valence-electron chi connectivity index (χ1n) is 8.64. The topological polar surface area (TPSA) is 58.6 Å². The second-order valence-electron chi connectivity index (χ2n) is 6.86. The van der Waals surface area contributed by atoms with Gasteiger partial charge in [0.1, 0.15) is 5.92 Å². The number of nitrogens with one attached hydrogen (secondary N) is 1. The van der Waals surface area contributed by atoms with Crippen molar-refractivity contribution in [1.82, 2.24) is 5.32 Å². The summed E-state index contributed by atoms with van der Waals surface area (Å²) in [6, 6.07) is 5.96. The highest BCUT2D eigenvalue weighted by atomic mass is 16.5. The molecule has 1 N–H and O–H groups in total. The van der Waals surface area contributed by atoms with E-state index < -0.39 is 5.92 Å². The molecule has 0 aliphatic carbocycles. The number of rotatable bonds is 7. The molecule has 1 aromatic rings. The number of benzene rings is 1. The van der Waals surface area contributed by atoms with Gasteiger partial charge in [-0.25, -0.2) is 0 Å². The minimum atomic E-state index is -0.586. The molecule has 0 aromatic heterocycles. The van der Waals surface area contributed by atoms with Crippen LogP contribution in [0.15, 0.2) is 18.2 Å². The highest BCUT2D eigenvalue weighted by molar-refractivity contribution is 6.09. The molecule has 1 atom stereocenters. The van der Waals surface area contributed by atoms with Crippen molar-refractivity contribution in [1.29, 1.82) is 0 Å². The smallest absolute Gasteiger partial charge is 0.239 e. The zero-order valence-electron chi connectivity index (χ0n) is 15.1. The summed E-state index contributed by atoms with van der Waals surface area (Å²) < 4.78 is 5.44. The maximum absolute atomic E-state index is 12.6. The van der Waals surface area contributed by atoms with Crippen molar-refractivity contribution in [2.45, 2.75) is 34.1 Å². The van der Waals surface area contributed by atoms with Crippen LogP contribution < -0.4 is 10.2 Å². The normalized spacial score (nSPS) is 17.6. The predicted molar refractivity (Wildman–Crippen MR) is 95.0 cm³/mol. The van der Waals surface area contributed by atoms with Crippen LogP contribution in [-0.2, 0) is 14.3 Å². The van der Waals surface area contributed by atoms with Crippen molar-refractivity contribution in [3.8, 4) is 0 Å². The Labute approximate surface area is 144 Å². The highest BCUT2D eigenvalue weighted by Gasteiger charge is 2.37. The Hall–Kier alpha value is -1.88. The van der Waals surface area contributed by atoms with Gasteiger partial charge in [0.25, 0.3) is 0 Å². The predicted octanol–water partition coefficient (Wildman–Crippen LogP) is 2.45. The third kappa shape index (κ3) is 4.57. The van der Waals surface area contributed by atoms with Gasteiger partial charge in [0.15, 0.2) is 0 Å². The van der Waals surface area contributed by atoms with E-state index in [-0.39, 0.29) is 11.8 Å². The molecule has 5 nitrogen and oxygen atoms in total. The molecule has 1 heterocycles. The van der Waals surface area contributed by atoms with E-state index in [1.165, 1.54) is 5.56 Å². The van der Waals surface area contributed by atoms with Gasteiger partial charge >= 0.3 is 0 Å². The van der Waals surface area contributed by atoms with Gasteiger partial charge in [-0.05, 0) is 49.4 Å². The maximum atomic E-state index is 12.6. The van der Waals surface area contributed by atoms with Crippen molar-refractivity contribution in [2.24, 2.45) is 11.8 Å². The van der Waals surface area contributed by atoms with Crippen molar-refractivity contribution < 1.29 is 14.3 Å². The number of hydrogen-bond acceptors (Lipinski definition) is 3. The van der Waals surface area contributed by atoms with Gasteiger partial charge in [0.05, 0.1) is 6.61 Å². The van der Waals surface area contributed by atoms with Crippen LogP contribution in [0.25, 0.3) is 0 Å². The summed E-state index contributed by atoms with van der Waals surface area (Å²) >= 11 is 0. The summed E-state index contributed by atoms with van der Waals surface area (Å²) in [4.78, 5) is 26.5. The molecule has 1 aliphatic rings. The second kappa shape index (κ2) is 8.29. The van der Waals surface area contributed by atoms with Crippen molar-refractivity contribution in [3.63, 3.8) is 0 Å². The number of nitrogens with zero attached hydrogens (tertiary/aromatic N) is 1. The van der Waals surface area contributed by atoms with Crippen molar-refractivity contribution >= 4 is 17.5 Å². The summed E-state index contributed by atoms with van der Waals surface area (Å²) in [7, 11) is 0. The lowest BCUT2D eigenvalue weighted by molar-refractivity contribution is -0.132. The lowest BCUT2D eigenvalue weighted by Gasteiger charge is -2.18. The molecule has 0 bridgehead atoms. The van der Waals surface area contributed by atoms with Crippen molar-refractivity contribution in [2.75, 3.05) is 31.2 Å². The summed E-state index contributed by atoms with van der Waals surface area (Å²) in [5.74, 6) is -0.418. The fourth-order valence-corrected chi connectivity index (χ4v) is 2.76. The molecule has 0 spiro atoms. The fourth-order valence-electron chi connectivity index (χ4n) is 2.76. The standard InChI is InChI=1S/C19H28N2O3/c1-13(2)12-24-10-8-20-18(22)17-7-9-21(19(17)23)16-6-5-14(3)15(4)11-16/h5-6,11,13,17H,7-10,12H2,1-4H3,(H,20,22). The van der Waals surface area contributed by atoms with Gasteiger partial charge in [0, 0.05) is 25.4 Å². The molecular weight excluding hydrogens is 304 g/mol. The molecule has 5 heteroatoms. The van der Waals surface area contributed by atoms with E-state index in [0.29, 0.717) is 38.6 Å². The zero-order valence-corrected chi connectivity index (χ0v) is 15.1. The first-order chi connectivity index (χ1) is 11.4. The second-order valence-corrected chi connectivity index (χ2v) is 6.86. The molecule has 2 amide bonds. The van der Waals surface area contributed by atoms with Crippen LogP contribution in [0, 0.1) is 25.7 Å². The van der Waals surface area contributed by atoms with E-state index in [4.69, 9.17) is 4.74 Å². The molecule has 1 unspecified atom stereocenters. The lowest BCUT2D eigenvalue weighted by Crippen LogP contribution is -2.38. The Bertz CT molecular complexity index is 598. The number of ether oxygens (including phenoxy) is 1. The first-order valence-corrected chi connectivity index (χ1v) is 8.64. The van der Waals surface area contributed by atoms with Gasteiger partial charge in [-0.3, -0.25) is 9.59 Å². The average molecular weight is 332 g/mol. The Kier molecular flexibility index (Phi) is 6.37. The SMILES string of the molecule is Cc1ccc(N2CCC(C(=O)NCCOCC(C)C)C2=O)cc1C. The van der Waals surface area contributed by atoms with E-state index in [9.17, 15) is 9.59 Å². The number of amides is 2. The van der Waals surface area contributed by atoms with Crippen molar-refractivity contribution in [3.05, 3.63) is 29.3 Å². The van der Waals surface area contributed by atoms with Gasteiger partial charge in [-0.2, -0.15) is 0 Å². The number of carbonyl (C=O) groups excluding carboxylic acids is 2. The van der Waals surface area contributed by atoms with Crippen LogP contribution in [0.5, 0.6) is 0 Å². The van der Waals surface area contributed by atoms with Crippen LogP contribution >= 0.6 is 0 Å². The number of anilines is 1. The van der Waals surface area contributed by atoms with Crippen LogP contribution in [0.1, 0.15) is 31.4 Å². The highest BCUT2D eigenvalue weighted by Crippen LogP contribution is 2.27. The third-order valence-electron chi connectivity index (χ3n) is 4.32. The Morgan fingerprint density at radius 1 is 1.33 bits per heavy atom. The molecule has 1 saturated heterocycles. The average Bonchev–Trinajstić information content (AvgIpc) is 2.91. The minimum Gasteiger partial charge on any atom is -0.379 e. The first kappa shape index (κ1) is 18.5. The Morgan fingerprint density at radius 3 is 2.75 bits per heavy atom. The van der Waals surface area contributed by atoms with Crippen LogP contribution in [0.3, 0.4) is 0 Å². The molecule has 0 saturated carbocycles. The Balaban J connectivity index is 1.86. The number of hydrogen-bond donors (Lipinski definition) is 1. The quantitative estimate of drug-likeness (QED) is 0.616. The van der Waals surface area contributed by atoms with E-state index in [1.807, 2.05) is 32.0 Å². The molecule has 132 valence electrons. The summed E-state index contributed by atoms with van der Waals surface area (Å²) in [5, 5.41) is 2.81. The maximum Gasteiger partial charge on any atom is 0.239 e. The van der Waals surface area contributed by atoms with Gasteiger partial charge in [0.2, 0.25) is 11.8 Å². The van der Waals surface area contributed by atoms with Gasteiger partial charge in [-0.15, -0.1) is 0 Å². The van der Waals surface area contributed by atoms with Crippen LogP contribution in [-0.4, -0.2) is 38.1 Å². The zero-order chi connectivity index (χ0) is 17.7. The number of carbonyl (C=O) groups is 2. The largest absolute Gasteiger partial charge is 0.379 e. The minimum absolute atomic E-state index is 0.112. The molecular formula is C19H28N2O3.